The second-order valence-electron chi connectivity index (χ2n) is 6.00. The fourth-order valence-corrected chi connectivity index (χ4v) is 2.89. The Labute approximate surface area is 156 Å². The number of methoxy groups -OCH3 is 1. The molecule has 0 saturated carbocycles. The average Bonchev–Trinajstić information content (AvgIpc) is 2.67. The maximum Gasteiger partial charge on any atom is 0.337 e. The summed E-state index contributed by atoms with van der Waals surface area (Å²) in [5, 5.41) is 8.22. The zero-order chi connectivity index (χ0) is 19.4. The van der Waals surface area contributed by atoms with Crippen LogP contribution in [0.1, 0.15) is 28.9 Å². The minimum Gasteiger partial charge on any atom is -0.465 e. The summed E-state index contributed by atoms with van der Waals surface area (Å²) in [6, 6.07) is 14.6. The Balaban J connectivity index is 1.92. The molecule has 0 aromatic heterocycles. The Morgan fingerprint density at radius 3 is 2.33 bits per heavy atom. The first-order valence-corrected chi connectivity index (χ1v) is 8.32. The number of benzene rings is 2. The van der Waals surface area contributed by atoms with Crippen LogP contribution >= 0.6 is 0 Å². The Morgan fingerprint density at radius 2 is 1.70 bits per heavy atom. The molecule has 1 atom stereocenters. The van der Waals surface area contributed by atoms with Gasteiger partial charge in [-0.05, 0) is 36.8 Å². The molecule has 1 heterocycles. The van der Waals surface area contributed by atoms with E-state index < -0.39 is 18.0 Å². The zero-order valence-corrected chi connectivity index (χ0v) is 14.9. The topological polar surface area (TPSA) is 96.5 Å². The van der Waals surface area contributed by atoms with Crippen molar-refractivity contribution in [2.45, 2.75) is 13.0 Å². The molecule has 0 radical (unpaired) electrons. The van der Waals surface area contributed by atoms with Crippen molar-refractivity contribution in [2.75, 3.05) is 12.4 Å². The van der Waals surface area contributed by atoms with Gasteiger partial charge in [-0.1, -0.05) is 30.3 Å². The van der Waals surface area contributed by atoms with E-state index in [2.05, 4.69) is 20.7 Å². The number of rotatable bonds is 4. The van der Waals surface area contributed by atoms with E-state index in [1.54, 1.807) is 43.3 Å². The van der Waals surface area contributed by atoms with Crippen LogP contribution < -0.4 is 16.0 Å². The van der Waals surface area contributed by atoms with Gasteiger partial charge in [-0.25, -0.2) is 9.59 Å². The van der Waals surface area contributed by atoms with Gasteiger partial charge in [0.2, 0.25) is 0 Å². The molecule has 1 aliphatic heterocycles. The predicted molar refractivity (Wildman–Crippen MR) is 100.0 cm³/mol. The monoisotopic (exact) mass is 365 g/mol. The van der Waals surface area contributed by atoms with Crippen molar-refractivity contribution in [3.8, 4) is 0 Å². The molecule has 7 heteroatoms. The molecule has 0 bridgehead atoms. The molecule has 0 saturated heterocycles. The molecule has 138 valence electrons. The maximum atomic E-state index is 12.9. The van der Waals surface area contributed by atoms with Gasteiger partial charge in [-0.3, -0.25) is 4.79 Å². The van der Waals surface area contributed by atoms with E-state index in [0.717, 1.165) is 0 Å². The van der Waals surface area contributed by atoms with E-state index in [0.29, 0.717) is 28.1 Å². The van der Waals surface area contributed by atoms with Crippen LogP contribution in [0.15, 0.2) is 65.9 Å². The summed E-state index contributed by atoms with van der Waals surface area (Å²) in [5.74, 6) is -0.780. The molecule has 0 spiro atoms. The number of hydrogen-bond acceptors (Lipinski definition) is 4. The molecule has 3 rings (SSSR count). The highest BCUT2D eigenvalue weighted by atomic mass is 16.5. The van der Waals surface area contributed by atoms with E-state index in [1.165, 1.54) is 7.11 Å². The fourth-order valence-electron chi connectivity index (χ4n) is 2.89. The van der Waals surface area contributed by atoms with Crippen LogP contribution in [-0.2, 0) is 9.53 Å². The molecular formula is C20H19N3O4. The largest absolute Gasteiger partial charge is 0.465 e. The first-order valence-electron chi connectivity index (χ1n) is 8.32. The predicted octanol–water partition coefficient (Wildman–Crippen LogP) is 2.74. The van der Waals surface area contributed by atoms with E-state index in [4.69, 9.17) is 0 Å². The number of urea groups is 1. The molecule has 7 nitrogen and oxygen atoms in total. The molecule has 3 N–H and O–H groups in total. The van der Waals surface area contributed by atoms with Gasteiger partial charge in [0.15, 0.2) is 0 Å². The summed E-state index contributed by atoms with van der Waals surface area (Å²) in [6.45, 7) is 1.68. The quantitative estimate of drug-likeness (QED) is 0.726. The first-order chi connectivity index (χ1) is 13.0. The summed E-state index contributed by atoms with van der Waals surface area (Å²) in [4.78, 5) is 36.4. The molecule has 1 aliphatic rings. The van der Waals surface area contributed by atoms with Crippen LogP contribution in [0.2, 0.25) is 0 Å². The fraction of sp³-hybridized carbons (Fsp3) is 0.150. The Hall–Kier alpha value is -3.61. The highest BCUT2D eigenvalue weighted by molar-refractivity contribution is 6.06. The zero-order valence-electron chi connectivity index (χ0n) is 14.9. The Bertz CT molecular complexity index is 905. The van der Waals surface area contributed by atoms with E-state index in [9.17, 15) is 14.4 Å². The summed E-state index contributed by atoms with van der Waals surface area (Å²) < 4.78 is 4.69. The third-order valence-corrected chi connectivity index (χ3v) is 4.21. The number of carbonyl (C=O) groups is 3. The van der Waals surface area contributed by atoms with Crippen LogP contribution in [0.3, 0.4) is 0 Å². The van der Waals surface area contributed by atoms with Gasteiger partial charge in [-0.2, -0.15) is 0 Å². The third kappa shape index (κ3) is 3.98. The normalized spacial score (nSPS) is 16.2. The molecule has 0 unspecified atom stereocenters. The number of para-hydroxylation sites is 1. The molecule has 0 fully saturated rings. The van der Waals surface area contributed by atoms with Crippen LogP contribution in [0.25, 0.3) is 0 Å². The number of amides is 3. The van der Waals surface area contributed by atoms with Gasteiger partial charge in [0.25, 0.3) is 5.91 Å². The smallest absolute Gasteiger partial charge is 0.337 e. The van der Waals surface area contributed by atoms with Gasteiger partial charge >= 0.3 is 12.0 Å². The number of allylic oxidation sites excluding steroid dienone is 1. The molecule has 2 aromatic carbocycles. The number of hydrogen-bond donors (Lipinski definition) is 3. The minimum atomic E-state index is -0.644. The van der Waals surface area contributed by atoms with Crippen LogP contribution in [0.4, 0.5) is 10.5 Å². The van der Waals surface area contributed by atoms with E-state index >= 15 is 0 Å². The molecule has 3 amide bonds. The van der Waals surface area contributed by atoms with Crippen molar-refractivity contribution in [1.82, 2.24) is 10.6 Å². The van der Waals surface area contributed by atoms with Crippen molar-refractivity contribution in [3.63, 3.8) is 0 Å². The molecule has 2 aromatic rings. The Kier molecular flexibility index (Phi) is 5.21. The molecule has 27 heavy (non-hydrogen) atoms. The molecule has 0 aliphatic carbocycles. The van der Waals surface area contributed by atoms with Crippen molar-refractivity contribution in [3.05, 3.63) is 77.0 Å². The number of nitrogens with one attached hydrogen (secondary N) is 3. The lowest BCUT2D eigenvalue weighted by Crippen LogP contribution is -2.45. The number of ether oxygens (including phenoxy) is 1. The summed E-state index contributed by atoms with van der Waals surface area (Å²) in [6.07, 6.45) is 0. The van der Waals surface area contributed by atoms with Gasteiger partial charge in [0.1, 0.15) is 0 Å². The molecular weight excluding hydrogens is 346 g/mol. The summed E-state index contributed by atoms with van der Waals surface area (Å²) >= 11 is 0. The number of carbonyl (C=O) groups excluding carboxylic acids is 3. The Morgan fingerprint density at radius 1 is 1.04 bits per heavy atom. The van der Waals surface area contributed by atoms with Gasteiger partial charge in [-0.15, -0.1) is 0 Å². The van der Waals surface area contributed by atoms with Crippen molar-refractivity contribution < 1.29 is 19.1 Å². The van der Waals surface area contributed by atoms with Crippen molar-refractivity contribution in [1.29, 1.82) is 0 Å². The SMILES string of the molecule is COC(=O)c1ccc([C@@H]2NC(=O)NC(C)=C2C(=O)Nc2ccccc2)cc1. The first kappa shape index (κ1) is 18.2. The highest BCUT2D eigenvalue weighted by Crippen LogP contribution is 2.28. The van der Waals surface area contributed by atoms with Crippen molar-refractivity contribution >= 4 is 23.6 Å². The lowest BCUT2D eigenvalue weighted by Gasteiger charge is -2.28. The van der Waals surface area contributed by atoms with E-state index in [-0.39, 0.29) is 5.91 Å². The highest BCUT2D eigenvalue weighted by Gasteiger charge is 2.31. The van der Waals surface area contributed by atoms with Crippen molar-refractivity contribution in [2.24, 2.45) is 0 Å². The second-order valence-corrected chi connectivity index (χ2v) is 6.00. The van der Waals surface area contributed by atoms with Crippen LogP contribution in [-0.4, -0.2) is 25.0 Å². The second kappa shape index (κ2) is 7.74. The maximum absolute atomic E-state index is 12.9. The number of esters is 1. The van der Waals surface area contributed by atoms with Gasteiger partial charge < -0.3 is 20.7 Å². The summed E-state index contributed by atoms with van der Waals surface area (Å²) in [5.41, 5.74) is 2.57. The lowest BCUT2D eigenvalue weighted by molar-refractivity contribution is -0.113. The van der Waals surface area contributed by atoms with Gasteiger partial charge in [0, 0.05) is 11.4 Å². The summed E-state index contributed by atoms with van der Waals surface area (Å²) in [7, 11) is 1.31. The lowest BCUT2D eigenvalue weighted by atomic mass is 9.94. The third-order valence-electron chi connectivity index (χ3n) is 4.21. The number of anilines is 1. The average molecular weight is 365 g/mol. The van der Waals surface area contributed by atoms with Crippen LogP contribution in [0.5, 0.6) is 0 Å². The van der Waals surface area contributed by atoms with Gasteiger partial charge in [0.05, 0.1) is 24.3 Å². The standard InChI is InChI=1S/C20H19N3O4/c1-12-16(18(24)22-15-6-4-3-5-7-15)17(23-20(26)21-12)13-8-10-14(11-9-13)19(25)27-2/h3-11,17H,1-2H3,(H,22,24)(H2,21,23,26)/t17-/m0/s1. The van der Waals surface area contributed by atoms with E-state index in [1.807, 2.05) is 18.2 Å². The van der Waals surface area contributed by atoms with Crippen LogP contribution in [0, 0.1) is 0 Å². The minimum absolute atomic E-state index is 0.326.